The maximum absolute atomic E-state index is 12.8. The van der Waals surface area contributed by atoms with Crippen molar-refractivity contribution in [1.82, 2.24) is 5.32 Å². The minimum atomic E-state index is -1.55. The molecule has 46 heavy (non-hydrogen) atoms. The maximum atomic E-state index is 12.8. The van der Waals surface area contributed by atoms with E-state index in [1.807, 2.05) is 0 Å². The van der Waals surface area contributed by atoms with Gasteiger partial charge in [0.1, 0.15) is 24.4 Å². The molecule has 9 nitrogen and oxygen atoms in total. The van der Waals surface area contributed by atoms with Crippen molar-refractivity contribution in [3.63, 3.8) is 0 Å². The van der Waals surface area contributed by atoms with E-state index in [9.17, 15) is 30.3 Å². The molecule has 1 aliphatic heterocycles. The smallest absolute Gasteiger partial charge is 0.220 e. The van der Waals surface area contributed by atoms with Crippen molar-refractivity contribution in [2.75, 3.05) is 13.2 Å². The minimum Gasteiger partial charge on any atom is -0.394 e. The Balaban J connectivity index is 2.39. The SMILES string of the molecule is CCCCCCCCCCCCCCCCC(=O)N[C@@H](CO[C@@H]1O[C@H](CO)[C@H](O)C(O)C1O)[C@H](O)CCCCCCCCCCC. The van der Waals surface area contributed by atoms with Gasteiger partial charge in [-0.05, 0) is 12.8 Å². The Morgan fingerprint density at radius 3 is 1.54 bits per heavy atom. The van der Waals surface area contributed by atoms with Crippen molar-refractivity contribution < 1.29 is 39.8 Å². The average molecular weight is 660 g/mol. The summed E-state index contributed by atoms with van der Waals surface area (Å²) in [6.07, 6.45) is 21.1. The second-order valence-electron chi connectivity index (χ2n) is 13.7. The Bertz CT molecular complexity index is 696. The molecule has 1 amide bonds. The highest BCUT2D eigenvalue weighted by Crippen LogP contribution is 2.23. The summed E-state index contributed by atoms with van der Waals surface area (Å²) in [5.74, 6) is -0.146. The van der Waals surface area contributed by atoms with E-state index < -0.39 is 49.5 Å². The van der Waals surface area contributed by atoms with E-state index in [0.29, 0.717) is 12.8 Å². The Morgan fingerprint density at radius 1 is 0.652 bits per heavy atom. The Kier molecular flexibility index (Phi) is 27.4. The number of hydrogen-bond donors (Lipinski definition) is 6. The summed E-state index contributed by atoms with van der Waals surface area (Å²) in [5, 5.41) is 53.9. The number of carbonyl (C=O) groups is 1. The summed E-state index contributed by atoms with van der Waals surface area (Å²) < 4.78 is 11.2. The van der Waals surface area contributed by atoms with Gasteiger partial charge in [0.25, 0.3) is 0 Å². The van der Waals surface area contributed by atoms with Gasteiger partial charge < -0.3 is 40.3 Å². The summed E-state index contributed by atoms with van der Waals surface area (Å²) in [7, 11) is 0. The Morgan fingerprint density at radius 2 is 1.09 bits per heavy atom. The van der Waals surface area contributed by atoms with E-state index >= 15 is 0 Å². The van der Waals surface area contributed by atoms with Gasteiger partial charge in [-0.2, -0.15) is 0 Å². The molecule has 0 saturated carbocycles. The normalized spacial score (nSPS) is 23.0. The minimum absolute atomic E-state index is 0.133. The van der Waals surface area contributed by atoms with Crippen LogP contribution in [0, 0.1) is 0 Å². The van der Waals surface area contributed by atoms with Crippen LogP contribution >= 0.6 is 0 Å². The first-order valence-corrected chi connectivity index (χ1v) is 19.2. The lowest BCUT2D eigenvalue weighted by molar-refractivity contribution is -0.302. The molecular formula is C37H73NO8. The van der Waals surface area contributed by atoms with Crippen LogP contribution < -0.4 is 5.32 Å². The summed E-state index contributed by atoms with van der Waals surface area (Å²) in [6.45, 7) is 3.79. The summed E-state index contributed by atoms with van der Waals surface area (Å²) in [4.78, 5) is 12.8. The highest BCUT2D eigenvalue weighted by atomic mass is 16.7. The number of hydrogen-bond acceptors (Lipinski definition) is 8. The summed E-state index contributed by atoms with van der Waals surface area (Å²) in [6, 6.07) is -0.708. The molecule has 0 bridgehead atoms. The van der Waals surface area contributed by atoms with Crippen LogP contribution in [0.3, 0.4) is 0 Å². The third-order valence-electron chi connectivity index (χ3n) is 9.46. The molecule has 1 rings (SSSR count). The Labute approximate surface area is 281 Å². The first-order valence-electron chi connectivity index (χ1n) is 19.2. The number of ether oxygens (including phenoxy) is 2. The van der Waals surface area contributed by atoms with Crippen LogP contribution in [0.15, 0.2) is 0 Å². The fraction of sp³-hybridized carbons (Fsp3) is 0.973. The standard InChI is InChI=1S/C37H73NO8/c1-3-5-7-9-11-13-14-15-16-17-19-21-23-25-27-33(41)38-30(31(40)26-24-22-20-18-12-10-8-6-4-2)29-45-37-36(44)35(43)34(42)32(28-39)46-37/h30-32,34-37,39-40,42-44H,3-29H2,1-2H3,(H,38,41)/t30-,31+,32+,34-,35?,36?,37+/m0/s1. The molecule has 274 valence electrons. The molecule has 2 unspecified atom stereocenters. The lowest BCUT2D eigenvalue weighted by atomic mass is 9.99. The van der Waals surface area contributed by atoms with Crippen LogP contribution in [-0.2, 0) is 14.3 Å². The van der Waals surface area contributed by atoms with E-state index in [-0.39, 0.29) is 12.5 Å². The largest absolute Gasteiger partial charge is 0.394 e. The highest BCUT2D eigenvalue weighted by molar-refractivity contribution is 5.76. The quantitative estimate of drug-likeness (QED) is 0.0466. The average Bonchev–Trinajstić information content (AvgIpc) is 3.05. The number of rotatable bonds is 31. The van der Waals surface area contributed by atoms with Crippen LogP contribution in [0.2, 0.25) is 0 Å². The van der Waals surface area contributed by atoms with Gasteiger partial charge >= 0.3 is 0 Å². The lowest BCUT2D eigenvalue weighted by Gasteiger charge is -2.40. The van der Waals surface area contributed by atoms with E-state index in [0.717, 1.165) is 38.5 Å². The van der Waals surface area contributed by atoms with E-state index in [2.05, 4.69) is 19.2 Å². The van der Waals surface area contributed by atoms with E-state index in [1.165, 1.54) is 109 Å². The molecule has 1 heterocycles. The number of unbranched alkanes of at least 4 members (excludes halogenated alkanes) is 21. The van der Waals surface area contributed by atoms with Crippen LogP contribution in [-0.4, -0.2) is 87.5 Å². The van der Waals surface area contributed by atoms with Crippen LogP contribution in [0.25, 0.3) is 0 Å². The zero-order chi connectivity index (χ0) is 33.8. The van der Waals surface area contributed by atoms with Crippen LogP contribution in [0.1, 0.15) is 174 Å². The molecular weight excluding hydrogens is 586 g/mol. The van der Waals surface area contributed by atoms with Gasteiger partial charge in [-0.25, -0.2) is 0 Å². The van der Waals surface area contributed by atoms with Crippen molar-refractivity contribution in [3.8, 4) is 0 Å². The molecule has 0 aliphatic carbocycles. The number of amides is 1. The fourth-order valence-corrected chi connectivity index (χ4v) is 6.28. The summed E-state index contributed by atoms with van der Waals surface area (Å²) >= 11 is 0. The Hall–Kier alpha value is -0.810. The van der Waals surface area contributed by atoms with Gasteiger partial charge in [0.05, 0.1) is 25.4 Å². The number of carbonyl (C=O) groups excluding carboxylic acids is 1. The second kappa shape index (κ2) is 29.1. The van der Waals surface area contributed by atoms with Crippen LogP contribution in [0.5, 0.6) is 0 Å². The van der Waals surface area contributed by atoms with Crippen LogP contribution in [0.4, 0.5) is 0 Å². The predicted octanol–water partition coefficient (Wildman–Crippen LogP) is 6.44. The predicted molar refractivity (Wildman–Crippen MR) is 184 cm³/mol. The molecule has 1 aliphatic rings. The molecule has 0 aromatic rings. The number of aliphatic hydroxyl groups excluding tert-OH is 5. The third kappa shape index (κ3) is 20.5. The number of aliphatic hydroxyl groups is 5. The zero-order valence-corrected chi connectivity index (χ0v) is 29.6. The molecule has 9 heteroatoms. The van der Waals surface area contributed by atoms with Gasteiger partial charge in [-0.3, -0.25) is 4.79 Å². The van der Waals surface area contributed by atoms with Crippen molar-refractivity contribution >= 4 is 5.91 Å². The fourth-order valence-electron chi connectivity index (χ4n) is 6.28. The summed E-state index contributed by atoms with van der Waals surface area (Å²) in [5.41, 5.74) is 0. The number of nitrogens with one attached hydrogen (secondary N) is 1. The van der Waals surface area contributed by atoms with Gasteiger partial charge in [0, 0.05) is 6.42 Å². The molecule has 0 aromatic carbocycles. The highest BCUT2D eigenvalue weighted by Gasteiger charge is 2.44. The van der Waals surface area contributed by atoms with Gasteiger partial charge in [-0.15, -0.1) is 0 Å². The van der Waals surface area contributed by atoms with Gasteiger partial charge in [0.2, 0.25) is 5.91 Å². The molecule has 6 N–H and O–H groups in total. The molecule has 1 saturated heterocycles. The second-order valence-corrected chi connectivity index (χ2v) is 13.7. The molecule has 0 spiro atoms. The van der Waals surface area contributed by atoms with Gasteiger partial charge in [-0.1, -0.05) is 155 Å². The van der Waals surface area contributed by atoms with Crippen molar-refractivity contribution in [2.45, 2.75) is 217 Å². The third-order valence-corrected chi connectivity index (χ3v) is 9.46. The van der Waals surface area contributed by atoms with Crippen molar-refractivity contribution in [3.05, 3.63) is 0 Å². The molecule has 7 atom stereocenters. The van der Waals surface area contributed by atoms with E-state index in [4.69, 9.17) is 9.47 Å². The first kappa shape index (κ1) is 43.2. The molecule has 0 aromatic heterocycles. The molecule has 0 radical (unpaired) electrons. The van der Waals surface area contributed by atoms with Crippen molar-refractivity contribution in [1.29, 1.82) is 0 Å². The monoisotopic (exact) mass is 660 g/mol. The van der Waals surface area contributed by atoms with Crippen molar-refractivity contribution in [2.24, 2.45) is 0 Å². The lowest BCUT2D eigenvalue weighted by Crippen LogP contribution is -2.60. The van der Waals surface area contributed by atoms with E-state index in [1.54, 1.807) is 0 Å². The topological polar surface area (TPSA) is 149 Å². The first-order chi connectivity index (χ1) is 22.3. The van der Waals surface area contributed by atoms with Gasteiger partial charge in [0.15, 0.2) is 6.29 Å². The molecule has 1 fully saturated rings. The maximum Gasteiger partial charge on any atom is 0.220 e. The zero-order valence-electron chi connectivity index (χ0n) is 29.6.